The minimum absolute atomic E-state index is 0.277. The number of aliphatic hydroxyl groups is 1. The van der Waals surface area contributed by atoms with E-state index in [1.54, 1.807) is 24.3 Å². The Bertz CT molecular complexity index is 1200. The molecule has 2 N–H and O–H groups in total. The molecule has 0 spiro atoms. The molecule has 1 aliphatic heterocycles. The van der Waals surface area contributed by atoms with Gasteiger partial charge >= 0.3 is 12.4 Å². The van der Waals surface area contributed by atoms with Crippen LogP contribution in [-0.4, -0.2) is 74.1 Å². The zero-order valence-corrected chi connectivity index (χ0v) is 22.6. The van der Waals surface area contributed by atoms with Crippen molar-refractivity contribution in [2.24, 2.45) is 5.16 Å². The van der Waals surface area contributed by atoms with Crippen molar-refractivity contribution in [3.63, 3.8) is 0 Å². The molecule has 0 aliphatic carbocycles. The summed E-state index contributed by atoms with van der Waals surface area (Å²) in [6.07, 6.45) is -10.3. The summed E-state index contributed by atoms with van der Waals surface area (Å²) in [5.41, 5.74) is -4.39. The molecule has 1 saturated heterocycles. The summed E-state index contributed by atoms with van der Waals surface area (Å²) in [6, 6.07) is 8.28. The first kappa shape index (κ1) is 32.5. The van der Waals surface area contributed by atoms with Crippen molar-refractivity contribution in [3.8, 4) is 0 Å². The standard InChI is InChI=1S/C28H31F6NO6/c1-5-40-25-22(38-3)16(2)41-23(24(25)39-4)21-14-18(8-11-19(21)15-35-37)7-6-17-9-12-20(13-10-17)26(36,27(29,30)31)28(32,33)34/h6-16,22-25,36-37H,5H2,1-4H3/b7-6+,35-15?/t16-,22-,23-,24+,25+/m0/s1. The molecule has 0 aromatic heterocycles. The summed E-state index contributed by atoms with van der Waals surface area (Å²) >= 11 is 0. The molecule has 0 bridgehead atoms. The van der Waals surface area contributed by atoms with Crippen LogP contribution in [0.1, 0.15) is 47.8 Å². The van der Waals surface area contributed by atoms with Crippen LogP contribution in [0.2, 0.25) is 0 Å². The summed E-state index contributed by atoms with van der Waals surface area (Å²) < 4.78 is 103. The number of methoxy groups -OCH3 is 2. The number of oxime groups is 1. The minimum Gasteiger partial charge on any atom is -0.411 e. The van der Waals surface area contributed by atoms with E-state index in [4.69, 9.17) is 18.9 Å². The third-order valence-electron chi connectivity index (χ3n) is 6.90. The van der Waals surface area contributed by atoms with E-state index in [1.165, 1.54) is 26.5 Å². The highest BCUT2D eigenvalue weighted by molar-refractivity contribution is 5.83. The highest BCUT2D eigenvalue weighted by Gasteiger charge is 2.71. The number of hydrogen-bond acceptors (Lipinski definition) is 7. The van der Waals surface area contributed by atoms with Crippen LogP contribution in [0.25, 0.3) is 12.2 Å². The topological polar surface area (TPSA) is 89.7 Å². The van der Waals surface area contributed by atoms with Gasteiger partial charge in [-0.25, -0.2) is 0 Å². The number of benzene rings is 2. The predicted molar refractivity (Wildman–Crippen MR) is 137 cm³/mol. The molecule has 7 nitrogen and oxygen atoms in total. The van der Waals surface area contributed by atoms with E-state index in [0.29, 0.717) is 35.4 Å². The monoisotopic (exact) mass is 591 g/mol. The Morgan fingerprint density at radius 3 is 1.95 bits per heavy atom. The molecule has 0 saturated carbocycles. The largest absolute Gasteiger partial charge is 0.430 e. The van der Waals surface area contributed by atoms with Crippen molar-refractivity contribution < 1.29 is 55.6 Å². The number of rotatable bonds is 9. The second kappa shape index (κ2) is 12.9. The fourth-order valence-electron chi connectivity index (χ4n) is 4.87. The average molecular weight is 592 g/mol. The van der Waals surface area contributed by atoms with Gasteiger partial charge in [-0.15, -0.1) is 0 Å². The lowest BCUT2D eigenvalue weighted by molar-refractivity contribution is -0.376. The second-order valence-corrected chi connectivity index (χ2v) is 9.38. The van der Waals surface area contributed by atoms with E-state index >= 15 is 0 Å². The van der Waals surface area contributed by atoms with Gasteiger partial charge < -0.3 is 29.3 Å². The molecule has 226 valence electrons. The molecule has 1 aliphatic rings. The average Bonchev–Trinajstić information content (AvgIpc) is 2.91. The van der Waals surface area contributed by atoms with E-state index in [1.807, 2.05) is 13.8 Å². The third-order valence-corrected chi connectivity index (χ3v) is 6.90. The molecule has 1 fully saturated rings. The van der Waals surface area contributed by atoms with Crippen molar-refractivity contribution >= 4 is 18.4 Å². The van der Waals surface area contributed by atoms with Gasteiger partial charge in [-0.05, 0) is 36.6 Å². The Morgan fingerprint density at radius 2 is 1.44 bits per heavy atom. The first-order valence-corrected chi connectivity index (χ1v) is 12.5. The maximum atomic E-state index is 13.2. The van der Waals surface area contributed by atoms with Crippen LogP contribution in [0.5, 0.6) is 0 Å². The van der Waals surface area contributed by atoms with Gasteiger partial charge in [0.1, 0.15) is 24.4 Å². The molecular weight excluding hydrogens is 560 g/mol. The number of nitrogens with zero attached hydrogens (tertiary/aromatic N) is 1. The fourth-order valence-corrected chi connectivity index (χ4v) is 4.87. The van der Waals surface area contributed by atoms with Gasteiger partial charge in [0, 0.05) is 32.0 Å². The Balaban J connectivity index is 1.97. The Kier molecular flexibility index (Phi) is 10.2. The van der Waals surface area contributed by atoms with Crippen molar-refractivity contribution in [3.05, 3.63) is 70.3 Å². The Labute approximate surface area is 233 Å². The highest BCUT2D eigenvalue weighted by atomic mass is 19.4. The molecule has 0 amide bonds. The van der Waals surface area contributed by atoms with E-state index < -0.39 is 54.0 Å². The second-order valence-electron chi connectivity index (χ2n) is 9.38. The number of alkyl halides is 6. The fraction of sp³-hybridized carbons (Fsp3) is 0.464. The SMILES string of the molecule is CCO[C@@H]1[C@@H](OC)[C@H](C)O[C@@H](c2cc(/C=C/c3ccc(C(O)(C(F)(F)F)C(F)(F)F)cc3)ccc2C=NO)[C@H]1OC. The lowest BCUT2D eigenvalue weighted by atomic mass is 9.88. The molecule has 5 atom stereocenters. The van der Waals surface area contributed by atoms with Crippen LogP contribution in [0.3, 0.4) is 0 Å². The minimum atomic E-state index is -5.97. The van der Waals surface area contributed by atoms with Gasteiger partial charge in [0.25, 0.3) is 5.60 Å². The van der Waals surface area contributed by atoms with Crippen molar-refractivity contribution in [1.29, 1.82) is 0 Å². The normalized spacial score (nSPS) is 24.4. The predicted octanol–water partition coefficient (Wildman–Crippen LogP) is 5.87. The van der Waals surface area contributed by atoms with Crippen LogP contribution in [0.4, 0.5) is 26.3 Å². The zero-order chi connectivity index (χ0) is 30.6. The van der Waals surface area contributed by atoms with Gasteiger partial charge in [0.15, 0.2) is 0 Å². The van der Waals surface area contributed by atoms with Crippen LogP contribution < -0.4 is 0 Å². The highest BCUT2D eigenvalue weighted by Crippen LogP contribution is 2.50. The van der Waals surface area contributed by atoms with Gasteiger partial charge in [-0.2, -0.15) is 26.3 Å². The van der Waals surface area contributed by atoms with Gasteiger partial charge in [0.2, 0.25) is 0 Å². The quantitative estimate of drug-likeness (QED) is 0.125. The maximum Gasteiger partial charge on any atom is 0.430 e. The lowest BCUT2D eigenvalue weighted by Crippen LogP contribution is -2.56. The van der Waals surface area contributed by atoms with Gasteiger partial charge in [0.05, 0.1) is 12.3 Å². The van der Waals surface area contributed by atoms with Crippen molar-refractivity contribution in [1.82, 2.24) is 0 Å². The summed E-state index contributed by atoms with van der Waals surface area (Å²) in [6.45, 7) is 4.05. The van der Waals surface area contributed by atoms with Gasteiger partial charge in [-0.3, -0.25) is 0 Å². The summed E-state index contributed by atoms with van der Waals surface area (Å²) in [4.78, 5) is 0. The number of halogens is 6. The zero-order valence-electron chi connectivity index (χ0n) is 22.6. The molecule has 0 radical (unpaired) electrons. The Morgan fingerprint density at radius 1 is 0.878 bits per heavy atom. The van der Waals surface area contributed by atoms with Crippen LogP contribution in [0.15, 0.2) is 47.6 Å². The summed E-state index contributed by atoms with van der Waals surface area (Å²) in [5, 5.41) is 21.9. The molecule has 41 heavy (non-hydrogen) atoms. The number of hydrogen-bond donors (Lipinski definition) is 2. The van der Waals surface area contributed by atoms with E-state index in [2.05, 4.69) is 5.16 Å². The molecule has 2 aromatic rings. The van der Waals surface area contributed by atoms with Crippen LogP contribution in [0, 0.1) is 0 Å². The van der Waals surface area contributed by atoms with Crippen molar-refractivity contribution in [2.45, 2.75) is 62.3 Å². The first-order chi connectivity index (χ1) is 19.2. The summed E-state index contributed by atoms with van der Waals surface area (Å²) in [7, 11) is 3.04. The molecule has 1 heterocycles. The van der Waals surface area contributed by atoms with E-state index in [0.717, 1.165) is 12.1 Å². The third kappa shape index (κ3) is 6.59. The lowest BCUT2D eigenvalue weighted by Gasteiger charge is -2.45. The van der Waals surface area contributed by atoms with Crippen molar-refractivity contribution in [2.75, 3.05) is 20.8 Å². The molecule has 0 unspecified atom stereocenters. The van der Waals surface area contributed by atoms with Crippen LogP contribution >= 0.6 is 0 Å². The first-order valence-electron chi connectivity index (χ1n) is 12.5. The smallest absolute Gasteiger partial charge is 0.411 e. The van der Waals surface area contributed by atoms with E-state index in [9.17, 15) is 36.7 Å². The molecule has 13 heteroatoms. The van der Waals surface area contributed by atoms with E-state index in [-0.39, 0.29) is 5.56 Å². The Hall–Kier alpha value is -2.97. The van der Waals surface area contributed by atoms with Gasteiger partial charge in [-0.1, -0.05) is 53.7 Å². The maximum absolute atomic E-state index is 13.2. The molecule has 3 rings (SSSR count). The number of ether oxygens (including phenoxy) is 4. The molecule has 2 aromatic carbocycles. The molecular formula is C28H31F6NO6. The summed E-state index contributed by atoms with van der Waals surface area (Å²) in [5.74, 6) is 0. The van der Waals surface area contributed by atoms with Crippen LogP contribution in [-0.2, 0) is 24.5 Å².